The second-order valence-corrected chi connectivity index (χ2v) is 6.35. The van der Waals surface area contributed by atoms with Crippen LogP contribution in [0.25, 0.3) is 22.0 Å². The van der Waals surface area contributed by atoms with Crippen LogP contribution in [0.5, 0.6) is 0 Å². The molecule has 0 unspecified atom stereocenters. The highest BCUT2D eigenvalue weighted by Crippen LogP contribution is 2.37. The predicted octanol–water partition coefficient (Wildman–Crippen LogP) is 4.28. The van der Waals surface area contributed by atoms with E-state index in [1.807, 2.05) is 0 Å². The molecule has 3 rings (SSSR count). The molecule has 0 spiro atoms. The van der Waals surface area contributed by atoms with Crippen molar-refractivity contribution in [1.82, 2.24) is 4.98 Å². The van der Waals surface area contributed by atoms with Gasteiger partial charge in [0.25, 0.3) is 5.91 Å². The van der Waals surface area contributed by atoms with Gasteiger partial charge in [-0.1, -0.05) is 53.0 Å². The number of hydrogen-bond donors (Lipinski definition) is 2. The Kier molecular flexibility index (Phi) is 4.81. The number of nitrogens with zero attached hydrogens (tertiary/aromatic N) is 2. The van der Waals surface area contributed by atoms with Crippen LogP contribution in [0.1, 0.15) is 10.4 Å². The van der Waals surface area contributed by atoms with Gasteiger partial charge >= 0.3 is 0 Å². The van der Waals surface area contributed by atoms with E-state index >= 15 is 0 Å². The predicted molar refractivity (Wildman–Crippen MR) is 102 cm³/mol. The van der Waals surface area contributed by atoms with Crippen molar-refractivity contribution in [3.8, 4) is 11.3 Å². The molecule has 1 aromatic heterocycles. The minimum atomic E-state index is -0.565. The number of fused-ring (bicyclic) bond motifs is 1. The van der Waals surface area contributed by atoms with Crippen LogP contribution in [0.3, 0.4) is 0 Å². The molecule has 8 heteroatoms. The van der Waals surface area contributed by atoms with E-state index in [-0.39, 0.29) is 5.96 Å². The van der Waals surface area contributed by atoms with E-state index in [0.717, 1.165) is 0 Å². The van der Waals surface area contributed by atoms with E-state index in [1.165, 1.54) is 6.20 Å². The largest absolute Gasteiger partial charge is 0.370 e. The van der Waals surface area contributed by atoms with Crippen LogP contribution in [0.15, 0.2) is 47.6 Å². The molecule has 2 aromatic carbocycles. The number of benzene rings is 2. The molecular formula is C17H11Cl3N4O. The zero-order valence-corrected chi connectivity index (χ0v) is 14.9. The molecule has 0 aliphatic heterocycles. The molecule has 0 aliphatic carbocycles. The van der Waals surface area contributed by atoms with E-state index in [9.17, 15) is 4.79 Å². The van der Waals surface area contributed by atoms with E-state index in [0.29, 0.717) is 42.7 Å². The minimum absolute atomic E-state index is 0.296. The maximum Gasteiger partial charge on any atom is 0.280 e. The summed E-state index contributed by atoms with van der Waals surface area (Å²) in [4.78, 5) is 20.0. The van der Waals surface area contributed by atoms with Gasteiger partial charge in [0, 0.05) is 28.1 Å². The SMILES string of the molecule is NC(N)=NC(=O)c1ccc2c(Cl)cnc(-c3cccc(Cl)c3Cl)c2c1. The molecule has 0 fully saturated rings. The lowest BCUT2D eigenvalue weighted by molar-refractivity contribution is 0.100. The molecule has 4 N–H and O–H groups in total. The van der Waals surface area contributed by atoms with Crippen LogP contribution in [-0.2, 0) is 0 Å². The lowest BCUT2D eigenvalue weighted by Gasteiger charge is -2.11. The smallest absolute Gasteiger partial charge is 0.280 e. The van der Waals surface area contributed by atoms with Gasteiger partial charge in [0.2, 0.25) is 0 Å². The topological polar surface area (TPSA) is 94.4 Å². The highest BCUT2D eigenvalue weighted by Gasteiger charge is 2.15. The first-order chi connectivity index (χ1) is 11.9. The Labute approximate surface area is 158 Å². The maximum atomic E-state index is 12.1. The number of carbonyl (C=O) groups is 1. The zero-order chi connectivity index (χ0) is 18.1. The molecule has 0 saturated carbocycles. The second-order valence-electron chi connectivity index (χ2n) is 5.16. The van der Waals surface area contributed by atoms with Crippen LogP contribution in [0, 0.1) is 0 Å². The Hall–Kier alpha value is -2.34. The quantitative estimate of drug-likeness (QED) is 0.502. The number of amides is 1. The van der Waals surface area contributed by atoms with Crippen molar-refractivity contribution in [3.63, 3.8) is 0 Å². The Bertz CT molecular complexity index is 1030. The zero-order valence-electron chi connectivity index (χ0n) is 12.6. The summed E-state index contributed by atoms with van der Waals surface area (Å²) in [7, 11) is 0. The molecule has 5 nitrogen and oxygen atoms in total. The first-order valence-corrected chi connectivity index (χ1v) is 8.18. The third-order valence-electron chi connectivity index (χ3n) is 3.52. The minimum Gasteiger partial charge on any atom is -0.370 e. The van der Waals surface area contributed by atoms with Crippen LogP contribution < -0.4 is 11.5 Å². The molecule has 126 valence electrons. The normalized spacial score (nSPS) is 10.7. The number of pyridine rings is 1. The van der Waals surface area contributed by atoms with Crippen LogP contribution in [0.2, 0.25) is 15.1 Å². The Morgan fingerprint density at radius 3 is 2.48 bits per heavy atom. The van der Waals surface area contributed by atoms with Gasteiger partial charge in [-0.05, 0) is 18.2 Å². The molecule has 0 bridgehead atoms. The van der Waals surface area contributed by atoms with Crippen molar-refractivity contribution >= 4 is 57.4 Å². The highest BCUT2D eigenvalue weighted by molar-refractivity contribution is 6.44. The fraction of sp³-hybridized carbons (Fsp3) is 0. The van der Waals surface area contributed by atoms with Crippen molar-refractivity contribution in [2.75, 3.05) is 0 Å². The third-order valence-corrected chi connectivity index (χ3v) is 4.64. The maximum absolute atomic E-state index is 12.1. The van der Waals surface area contributed by atoms with Gasteiger partial charge in [-0.3, -0.25) is 9.78 Å². The van der Waals surface area contributed by atoms with E-state index in [1.54, 1.807) is 36.4 Å². The molecule has 0 atom stereocenters. The summed E-state index contributed by atoms with van der Waals surface area (Å²) in [6, 6.07) is 10.1. The molecule has 0 saturated heterocycles. The molecular weight excluding hydrogens is 383 g/mol. The summed E-state index contributed by atoms with van der Waals surface area (Å²) < 4.78 is 0. The van der Waals surface area contributed by atoms with Gasteiger partial charge in [0.05, 0.1) is 20.8 Å². The second kappa shape index (κ2) is 6.88. The van der Waals surface area contributed by atoms with Gasteiger partial charge in [0.15, 0.2) is 5.96 Å². The Morgan fingerprint density at radius 2 is 1.76 bits per heavy atom. The number of aliphatic imine (C=N–C) groups is 1. The summed E-state index contributed by atoms with van der Waals surface area (Å²) >= 11 is 18.6. The number of hydrogen-bond acceptors (Lipinski definition) is 2. The first-order valence-electron chi connectivity index (χ1n) is 7.05. The summed E-state index contributed by atoms with van der Waals surface area (Å²) in [5, 5.41) is 2.55. The van der Waals surface area contributed by atoms with Crippen LogP contribution in [0.4, 0.5) is 0 Å². The van der Waals surface area contributed by atoms with Crippen LogP contribution >= 0.6 is 34.8 Å². The van der Waals surface area contributed by atoms with Gasteiger partial charge in [-0.15, -0.1) is 0 Å². The summed E-state index contributed by atoms with van der Waals surface area (Å²) in [6.07, 6.45) is 1.52. The van der Waals surface area contributed by atoms with E-state index < -0.39 is 5.91 Å². The van der Waals surface area contributed by atoms with Gasteiger partial charge in [-0.2, -0.15) is 4.99 Å². The molecule has 0 radical (unpaired) electrons. The number of carbonyl (C=O) groups excluding carboxylic acids is 1. The molecule has 25 heavy (non-hydrogen) atoms. The average Bonchev–Trinajstić information content (AvgIpc) is 2.57. The summed E-state index contributed by atoms with van der Waals surface area (Å²) in [6.45, 7) is 0. The van der Waals surface area contributed by atoms with Crippen molar-refractivity contribution in [2.24, 2.45) is 16.5 Å². The van der Waals surface area contributed by atoms with E-state index in [4.69, 9.17) is 46.3 Å². The number of rotatable bonds is 2. The highest BCUT2D eigenvalue weighted by atomic mass is 35.5. The average molecular weight is 394 g/mol. The van der Waals surface area contributed by atoms with Gasteiger partial charge < -0.3 is 11.5 Å². The van der Waals surface area contributed by atoms with Crippen LogP contribution in [-0.4, -0.2) is 16.9 Å². The van der Waals surface area contributed by atoms with Crippen molar-refractivity contribution < 1.29 is 4.79 Å². The number of guanidine groups is 1. The van der Waals surface area contributed by atoms with Gasteiger partial charge in [-0.25, -0.2) is 0 Å². The Morgan fingerprint density at radius 1 is 1.00 bits per heavy atom. The fourth-order valence-corrected chi connectivity index (χ4v) is 3.03. The van der Waals surface area contributed by atoms with Crippen molar-refractivity contribution in [1.29, 1.82) is 0 Å². The first kappa shape index (κ1) is 17.5. The fourth-order valence-electron chi connectivity index (χ4n) is 2.42. The third kappa shape index (κ3) is 3.39. The summed E-state index contributed by atoms with van der Waals surface area (Å²) in [5.74, 6) is -0.877. The summed E-state index contributed by atoms with van der Waals surface area (Å²) in [5.41, 5.74) is 12.0. The molecule has 3 aromatic rings. The number of nitrogens with two attached hydrogens (primary N) is 2. The Balaban J connectivity index is 2.29. The molecule has 0 aliphatic rings. The van der Waals surface area contributed by atoms with Crippen molar-refractivity contribution in [3.05, 3.63) is 63.2 Å². The standard InChI is InChI=1S/C17H11Cl3N4O/c18-12-3-1-2-10(14(12)20)15-11-6-8(16(25)24-17(21)22)4-5-9(11)13(19)7-23-15/h1-7H,(H4,21,22,24,25). The molecule has 1 amide bonds. The monoisotopic (exact) mass is 392 g/mol. The number of aromatic nitrogens is 1. The molecule has 1 heterocycles. The van der Waals surface area contributed by atoms with E-state index in [2.05, 4.69) is 9.98 Å². The lowest BCUT2D eigenvalue weighted by Crippen LogP contribution is -2.24. The lowest BCUT2D eigenvalue weighted by atomic mass is 10.0. The van der Waals surface area contributed by atoms with Crippen molar-refractivity contribution in [2.45, 2.75) is 0 Å². The number of halogens is 3. The van der Waals surface area contributed by atoms with Gasteiger partial charge in [0.1, 0.15) is 0 Å².